The summed E-state index contributed by atoms with van der Waals surface area (Å²) in [5, 5.41) is -0.327. The quantitative estimate of drug-likeness (QED) is 0.363. The zero-order chi connectivity index (χ0) is 20.8. The fraction of sp³-hybridized carbons (Fsp3) is 0. The lowest BCUT2D eigenvalue weighted by molar-refractivity contribution is 0.465. The Bertz CT molecular complexity index is 1490. The second-order valence-electron chi connectivity index (χ2n) is 5.98. The van der Waals surface area contributed by atoms with Crippen LogP contribution in [0.3, 0.4) is 0 Å². The first-order valence-electron chi connectivity index (χ1n) is 8.06. The first-order valence-corrected chi connectivity index (χ1v) is 11.8. The van der Waals surface area contributed by atoms with Crippen LogP contribution in [0.5, 0.6) is 0 Å². The van der Waals surface area contributed by atoms with Crippen molar-refractivity contribution in [3.05, 3.63) is 66.0 Å². The van der Waals surface area contributed by atoms with E-state index < -0.39 is 30.0 Å². The summed E-state index contributed by atoms with van der Waals surface area (Å²) in [7, 11) is -10.2. The van der Waals surface area contributed by atoms with Crippen molar-refractivity contribution in [3.8, 4) is 10.6 Å². The van der Waals surface area contributed by atoms with Gasteiger partial charge in [0.15, 0.2) is 0 Å². The van der Waals surface area contributed by atoms with Gasteiger partial charge >= 0.3 is 0 Å². The number of para-hydroxylation sites is 2. The van der Waals surface area contributed by atoms with Crippen LogP contribution in [0.1, 0.15) is 0 Å². The lowest BCUT2D eigenvalue weighted by Gasteiger charge is -2.13. The number of fused-ring (bicyclic) bond motifs is 2. The van der Waals surface area contributed by atoms with E-state index in [2.05, 4.69) is 9.98 Å². The molecular weight excluding hydrogens is 436 g/mol. The molecule has 2 N–H and O–H groups in total. The van der Waals surface area contributed by atoms with Crippen molar-refractivity contribution in [1.82, 2.24) is 4.98 Å². The van der Waals surface area contributed by atoms with Crippen molar-refractivity contribution >= 4 is 47.5 Å². The Morgan fingerprint density at radius 3 is 2.10 bits per heavy atom. The number of hydrogen-bond acceptors (Lipinski definition) is 7. The van der Waals surface area contributed by atoms with Gasteiger partial charge in [-0.25, -0.2) is 9.98 Å². The van der Waals surface area contributed by atoms with E-state index in [9.17, 15) is 25.9 Å². The first-order chi connectivity index (χ1) is 13.6. The lowest BCUT2D eigenvalue weighted by Crippen LogP contribution is -2.22. The molecule has 0 spiro atoms. The normalized spacial score (nSPS) is 13.2. The largest absolute Gasteiger partial charge is 0.298 e. The van der Waals surface area contributed by atoms with E-state index in [0.29, 0.717) is 15.9 Å². The molecule has 1 aliphatic heterocycles. The molecule has 0 atom stereocenters. The van der Waals surface area contributed by atoms with E-state index in [1.54, 1.807) is 54.6 Å². The number of aromatic nitrogens is 1. The predicted octanol–water partition coefficient (Wildman–Crippen LogP) is 3.13. The molecule has 2 aromatic rings. The molecule has 8 nitrogen and oxygen atoms in total. The van der Waals surface area contributed by atoms with Crippen LogP contribution in [0.2, 0.25) is 0 Å². The molecule has 2 aromatic carbocycles. The van der Waals surface area contributed by atoms with Crippen LogP contribution < -0.4 is 5.36 Å². The summed E-state index contributed by atoms with van der Waals surface area (Å²) < 4.78 is 68.8. The minimum atomic E-state index is -5.08. The summed E-state index contributed by atoms with van der Waals surface area (Å²) >= 11 is 1.15. The van der Waals surface area contributed by atoms with Gasteiger partial charge in [-0.15, -0.1) is 11.3 Å². The molecule has 0 aromatic heterocycles. The van der Waals surface area contributed by atoms with Gasteiger partial charge in [0.2, 0.25) is 0 Å². The molecule has 148 valence electrons. The summed E-state index contributed by atoms with van der Waals surface area (Å²) in [6.45, 7) is 0. The van der Waals surface area contributed by atoms with Gasteiger partial charge in [-0.2, -0.15) is 16.8 Å². The van der Waals surface area contributed by atoms with Crippen LogP contribution in [0.4, 0.5) is 5.69 Å². The molecule has 11 heteroatoms. The van der Waals surface area contributed by atoms with Crippen LogP contribution in [-0.2, 0) is 20.2 Å². The summed E-state index contributed by atoms with van der Waals surface area (Å²) in [5.74, 6) is 0. The van der Waals surface area contributed by atoms with Crippen molar-refractivity contribution in [1.29, 1.82) is 0 Å². The first kappa shape index (κ1) is 19.6. The predicted molar refractivity (Wildman–Crippen MR) is 108 cm³/mol. The highest BCUT2D eigenvalue weighted by atomic mass is 32.2. The minimum absolute atomic E-state index is 0.268. The second-order valence-corrected chi connectivity index (χ2v) is 9.78. The summed E-state index contributed by atoms with van der Waals surface area (Å²) in [6, 6.07) is 16.4. The van der Waals surface area contributed by atoms with Crippen LogP contribution in [0, 0.1) is 0 Å². The molecule has 0 fully saturated rings. The van der Waals surface area contributed by atoms with Gasteiger partial charge < -0.3 is 0 Å². The van der Waals surface area contributed by atoms with Crippen LogP contribution in [0.25, 0.3) is 20.8 Å². The van der Waals surface area contributed by atoms with Crippen molar-refractivity contribution in [3.63, 3.8) is 0 Å². The molecule has 0 bridgehead atoms. The molecule has 1 aliphatic carbocycles. The highest BCUT2D eigenvalue weighted by Crippen LogP contribution is 2.36. The molecule has 0 saturated heterocycles. The highest BCUT2D eigenvalue weighted by molar-refractivity contribution is 7.89. The Morgan fingerprint density at radius 2 is 1.45 bits per heavy atom. The average Bonchev–Trinajstić information content (AvgIpc) is 2.64. The maximum absolute atomic E-state index is 12.2. The Hall–Kier alpha value is -2.70. The maximum atomic E-state index is 12.2. The van der Waals surface area contributed by atoms with Crippen molar-refractivity contribution < 1.29 is 25.9 Å². The highest BCUT2D eigenvalue weighted by Gasteiger charge is 2.33. The van der Waals surface area contributed by atoms with E-state index in [-0.39, 0.29) is 15.9 Å². The zero-order valence-electron chi connectivity index (χ0n) is 14.4. The van der Waals surface area contributed by atoms with Gasteiger partial charge in [0.1, 0.15) is 15.5 Å². The Morgan fingerprint density at radius 1 is 0.828 bits per heavy atom. The molecule has 4 rings (SSSR count). The van der Waals surface area contributed by atoms with E-state index in [1.807, 2.05) is 0 Å². The lowest BCUT2D eigenvalue weighted by atomic mass is 10.2. The van der Waals surface area contributed by atoms with Crippen LogP contribution in [0.15, 0.2) is 75.4 Å². The third-order valence-electron chi connectivity index (χ3n) is 3.99. The molecule has 1 heterocycles. The molecule has 0 radical (unpaired) electrons. The topological polar surface area (TPSA) is 134 Å². The number of rotatable bonds is 3. The minimum Gasteiger partial charge on any atom is -0.282 e. The van der Waals surface area contributed by atoms with Gasteiger partial charge in [-0.05, 0) is 30.3 Å². The summed E-state index contributed by atoms with van der Waals surface area (Å²) in [4.78, 5) is 6.65. The zero-order valence-corrected chi connectivity index (χ0v) is 16.9. The van der Waals surface area contributed by atoms with Crippen LogP contribution in [-0.4, -0.2) is 30.9 Å². The number of benzene rings is 3. The Labute approximate surface area is 169 Å². The van der Waals surface area contributed by atoms with Crippen molar-refractivity contribution in [2.24, 2.45) is 4.99 Å². The molecule has 0 unspecified atom stereocenters. The number of hydrogen-bond donors (Lipinski definition) is 2. The van der Waals surface area contributed by atoms with Gasteiger partial charge in [0.25, 0.3) is 20.2 Å². The smallest absolute Gasteiger partial charge is 0.282 e. The standard InChI is InChI=1S/C18H12N2O6S3/c21-28(22,23)17-13(19-11-6-2-1-3-7-11)10-15-16(18(17)29(24,25)26)20-12-8-4-5-9-14(12)27-15/h1-10H,(H,21,22,23)(H,24,25,26). The van der Waals surface area contributed by atoms with Gasteiger partial charge in [-0.3, -0.25) is 9.11 Å². The molecular formula is C18H12N2O6S3. The second kappa shape index (κ2) is 6.97. The number of nitrogens with zero attached hydrogens (tertiary/aromatic N) is 2. The average molecular weight is 449 g/mol. The van der Waals surface area contributed by atoms with Crippen molar-refractivity contribution in [2.75, 3.05) is 0 Å². The van der Waals surface area contributed by atoms with E-state index in [1.165, 1.54) is 6.07 Å². The summed E-state index contributed by atoms with van der Waals surface area (Å²) in [5.41, 5.74) is 0.469. The Kier molecular flexibility index (Phi) is 4.71. The fourth-order valence-corrected chi connectivity index (χ4v) is 6.02. The van der Waals surface area contributed by atoms with Crippen LogP contribution >= 0.6 is 11.3 Å². The van der Waals surface area contributed by atoms with E-state index in [0.717, 1.165) is 11.3 Å². The third kappa shape index (κ3) is 3.78. The molecule has 29 heavy (non-hydrogen) atoms. The monoisotopic (exact) mass is 448 g/mol. The van der Waals surface area contributed by atoms with Gasteiger partial charge in [0.05, 0.1) is 26.1 Å². The van der Waals surface area contributed by atoms with E-state index in [4.69, 9.17) is 0 Å². The third-order valence-corrected chi connectivity index (χ3v) is 7.06. The maximum Gasteiger partial charge on any atom is 0.298 e. The Balaban J connectivity index is 2.28. The fourth-order valence-electron chi connectivity index (χ4n) is 2.87. The van der Waals surface area contributed by atoms with Gasteiger partial charge in [-0.1, -0.05) is 30.3 Å². The summed E-state index contributed by atoms with van der Waals surface area (Å²) in [6.07, 6.45) is 0. The van der Waals surface area contributed by atoms with Gasteiger partial charge in [0, 0.05) is 0 Å². The molecule has 0 saturated carbocycles. The molecule has 2 aliphatic rings. The molecule has 0 amide bonds. The SMILES string of the molecule is O=S(=O)(O)c1c2nc3ccccc3sc-2cc(=Nc2ccccc2)c1S(=O)(=O)O. The van der Waals surface area contributed by atoms with Crippen molar-refractivity contribution in [2.45, 2.75) is 9.79 Å². The van der Waals surface area contributed by atoms with E-state index >= 15 is 0 Å².